The summed E-state index contributed by atoms with van der Waals surface area (Å²) in [4.78, 5) is 26.7. The number of nitrogens with zero attached hydrogens (tertiary/aromatic N) is 4. The highest BCUT2D eigenvalue weighted by Crippen LogP contribution is 2.40. The summed E-state index contributed by atoms with van der Waals surface area (Å²) in [5.41, 5.74) is 3.02. The summed E-state index contributed by atoms with van der Waals surface area (Å²) in [7, 11) is 0. The molecule has 4 rings (SSSR count). The smallest absolute Gasteiger partial charge is 0.411 e. The SMILES string of the molecule is CC(=O)N1c2ccc(-c3cnn(C4CC4)c3)cc2N(C(=O)O)CC1C. The van der Waals surface area contributed by atoms with Gasteiger partial charge >= 0.3 is 6.09 Å². The van der Waals surface area contributed by atoms with E-state index in [9.17, 15) is 14.7 Å². The van der Waals surface area contributed by atoms with Crippen molar-refractivity contribution < 1.29 is 14.7 Å². The first-order valence-electron chi connectivity index (χ1n) is 8.44. The Balaban J connectivity index is 1.78. The second kappa shape index (κ2) is 5.61. The van der Waals surface area contributed by atoms with Gasteiger partial charge in [-0.1, -0.05) is 6.07 Å². The molecule has 2 heterocycles. The van der Waals surface area contributed by atoms with E-state index in [2.05, 4.69) is 5.10 Å². The lowest BCUT2D eigenvalue weighted by Crippen LogP contribution is -2.51. The molecule has 1 fully saturated rings. The molecule has 2 aromatic rings. The molecular weight excluding hydrogens is 320 g/mol. The van der Waals surface area contributed by atoms with Crippen LogP contribution in [0.15, 0.2) is 30.6 Å². The Labute approximate surface area is 145 Å². The van der Waals surface area contributed by atoms with Crippen molar-refractivity contribution in [2.75, 3.05) is 16.3 Å². The Morgan fingerprint density at radius 2 is 1.96 bits per heavy atom. The first-order chi connectivity index (χ1) is 12.0. The van der Waals surface area contributed by atoms with Crippen molar-refractivity contribution in [2.24, 2.45) is 0 Å². The van der Waals surface area contributed by atoms with Crippen LogP contribution in [0.1, 0.15) is 32.7 Å². The highest BCUT2D eigenvalue weighted by atomic mass is 16.4. The zero-order valence-electron chi connectivity index (χ0n) is 14.2. The number of aromatic nitrogens is 2. The van der Waals surface area contributed by atoms with Gasteiger partial charge in [-0.3, -0.25) is 14.4 Å². The number of rotatable bonds is 2. The van der Waals surface area contributed by atoms with Crippen LogP contribution in [0, 0.1) is 0 Å². The number of carbonyl (C=O) groups excluding carboxylic acids is 1. The van der Waals surface area contributed by atoms with Crippen molar-refractivity contribution in [3.63, 3.8) is 0 Å². The van der Waals surface area contributed by atoms with Gasteiger partial charge in [0.25, 0.3) is 0 Å². The van der Waals surface area contributed by atoms with E-state index in [1.807, 2.05) is 36.0 Å². The lowest BCUT2D eigenvalue weighted by molar-refractivity contribution is -0.117. The van der Waals surface area contributed by atoms with Gasteiger partial charge in [-0.2, -0.15) is 5.10 Å². The molecule has 0 radical (unpaired) electrons. The number of carbonyl (C=O) groups is 2. The topological polar surface area (TPSA) is 78.7 Å². The molecule has 1 saturated carbocycles. The highest BCUT2D eigenvalue weighted by molar-refractivity contribution is 6.02. The van der Waals surface area contributed by atoms with Crippen LogP contribution in [0.3, 0.4) is 0 Å². The fourth-order valence-electron chi connectivity index (χ4n) is 3.49. The highest BCUT2D eigenvalue weighted by Gasteiger charge is 2.34. The van der Waals surface area contributed by atoms with Gasteiger partial charge in [0.15, 0.2) is 0 Å². The maximum Gasteiger partial charge on any atom is 0.411 e. The molecule has 0 spiro atoms. The maximum absolute atomic E-state index is 12.0. The first kappa shape index (κ1) is 15.7. The van der Waals surface area contributed by atoms with Gasteiger partial charge in [-0.05, 0) is 37.5 Å². The summed E-state index contributed by atoms with van der Waals surface area (Å²) in [6, 6.07) is 5.87. The molecule has 1 unspecified atom stereocenters. The third-order valence-corrected chi connectivity index (χ3v) is 4.84. The van der Waals surface area contributed by atoms with Gasteiger partial charge in [0.05, 0.1) is 29.7 Å². The molecule has 2 aliphatic rings. The number of amides is 2. The average molecular weight is 340 g/mol. The van der Waals surface area contributed by atoms with Crippen LogP contribution in [-0.2, 0) is 4.79 Å². The Bertz CT molecular complexity index is 856. The van der Waals surface area contributed by atoms with Gasteiger partial charge < -0.3 is 10.0 Å². The summed E-state index contributed by atoms with van der Waals surface area (Å²) in [6.45, 7) is 3.62. The van der Waals surface area contributed by atoms with Crippen molar-refractivity contribution in [3.8, 4) is 11.1 Å². The van der Waals surface area contributed by atoms with Gasteiger partial charge in [0, 0.05) is 25.2 Å². The molecular formula is C18H20N4O3. The van der Waals surface area contributed by atoms with E-state index in [4.69, 9.17) is 0 Å². The minimum absolute atomic E-state index is 0.0897. The molecule has 0 bridgehead atoms. The summed E-state index contributed by atoms with van der Waals surface area (Å²) in [5, 5.41) is 14.0. The molecule has 130 valence electrons. The van der Waals surface area contributed by atoms with E-state index in [1.54, 1.807) is 11.1 Å². The minimum atomic E-state index is -1.01. The minimum Gasteiger partial charge on any atom is -0.465 e. The Morgan fingerprint density at radius 3 is 2.60 bits per heavy atom. The molecule has 1 aromatic heterocycles. The van der Waals surface area contributed by atoms with Crippen molar-refractivity contribution >= 4 is 23.4 Å². The standard InChI is InChI=1S/C18H20N4O3/c1-11-9-20(18(24)25)17-7-13(3-6-16(17)22(11)12(2)23)14-8-19-21(10-14)15-4-5-15/h3,6-8,10-11,15H,4-5,9H2,1-2H3,(H,24,25). The molecule has 7 heteroatoms. The first-order valence-corrected chi connectivity index (χ1v) is 8.44. The lowest BCUT2D eigenvalue weighted by Gasteiger charge is -2.39. The predicted molar refractivity (Wildman–Crippen MR) is 93.9 cm³/mol. The van der Waals surface area contributed by atoms with Gasteiger partial charge in [-0.15, -0.1) is 0 Å². The van der Waals surface area contributed by atoms with Crippen LogP contribution in [0.25, 0.3) is 11.1 Å². The maximum atomic E-state index is 12.0. The molecule has 0 saturated heterocycles. The van der Waals surface area contributed by atoms with Gasteiger partial charge in [0.1, 0.15) is 0 Å². The summed E-state index contributed by atoms with van der Waals surface area (Å²) >= 11 is 0. The Kier molecular flexibility index (Phi) is 3.52. The molecule has 1 aromatic carbocycles. The van der Waals surface area contributed by atoms with Crippen LogP contribution >= 0.6 is 0 Å². The van der Waals surface area contributed by atoms with E-state index >= 15 is 0 Å². The van der Waals surface area contributed by atoms with Crippen LogP contribution in [0.4, 0.5) is 16.2 Å². The summed E-state index contributed by atoms with van der Waals surface area (Å²) < 4.78 is 1.97. The van der Waals surface area contributed by atoms with E-state index in [1.165, 1.54) is 11.8 Å². The molecule has 1 aliphatic heterocycles. The van der Waals surface area contributed by atoms with Crippen molar-refractivity contribution in [3.05, 3.63) is 30.6 Å². The van der Waals surface area contributed by atoms with Crippen LogP contribution in [-0.4, -0.2) is 39.5 Å². The van der Waals surface area contributed by atoms with E-state index < -0.39 is 6.09 Å². The average Bonchev–Trinajstić information content (AvgIpc) is 3.30. The van der Waals surface area contributed by atoms with Gasteiger partial charge in [0.2, 0.25) is 5.91 Å². The van der Waals surface area contributed by atoms with Gasteiger partial charge in [-0.25, -0.2) is 4.79 Å². The Morgan fingerprint density at radius 1 is 1.20 bits per heavy atom. The fraction of sp³-hybridized carbons (Fsp3) is 0.389. The van der Waals surface area contributed by atoms with Crippen molar-refractivity contribution in [1.29, 1.82) is 0 Å². The van der Waals surface area contributed by atoms with E-state index in [0.717, 1.165) is 24.0 Å². The summed E-state index contributed by atoms with van der Waals surface area (Å²) in [6.07, 6.45) is 5.10. The number of hydrogen-bond acceptors (Lipinski definition) is 3. The number of benzene rings is 1. The normalized spacial score (nSPS) is 19.7. The molecule has 1 atom stereocenters. The second-order valence-electron chi connectivity index (χ2n) is 6.77. The van der Waals surface area contributed by atoms with Crippen LogP contribution < -0.4 is 9.80 Å². The third kappa shape index (κ3) is 2.65. The van der Waals surface area contributed by atoms with Crippen molar-refractivity contribution in [2.45, 2.75) is 38.8 Å². The largest absolute Gasteiger partial charge is 0.465 e. The number of anilines is 2. The van der Waals surface area contributed by atoms with E-state index in [-0.39, 0.29) is 18.5 Å². The van der Waals surface area contributed by atoms with Crippen molar-refractivity contribution in [1.82, 2.24) is 9.78 Å². The van der Waals surface area contributed by atoms with Crippen LogP contribution in [0.5, 0.6) is 0 Å². The molecule has 2 amide bonds. The second-order valence-corrected chi connectivity index (χ2v) is 6.77. The number of fused-ring (bicyclic) bond motifs is 1. The predicted octanol–water partition coefficient (Wildman–Crippen LogP) is 3.12. The lowest BCUT2D eigenvalue weighted by atomic mass is 10.0. The molecule has 7 nitrogen and oxygen atoms in total. The molecule has 1 aliphatic carbocycles. The molecule has 25 heavy (non-hydrogen) atoms. The third-order valence-electron chi connectivity index (χ3n) is 4.84. The number of carboxylic acid groups (broad SMARTS) is 1. The zero-order chi connectivity index (χ0) is 17.7. The zero-order valence-corrected chi connectivity index (χ0v) is 14.2. The number of hydrogen-bond donors (Lipinski definition) is 1. The molecule has 1 N–H and O–H groups in total. The van der Waals surface area contributed by atoms with Crippen LogP contribution in [0.2, 0.25) is 0 Å². The van der Waals surface area contributed by atoms with E-state index in [0.29, 0.717) is 17.4 Å². The monoisotopic (exact) mass is 340 g/mol. The fourth-order valence-corrected chi connectivity index (χ4v) is 3.49. The summed E-state index contributed by atoms with van der Waals surface area (Å²) in [5.74, 6) is -0.0897. The quantitative estimate of drug-likeness (QED) is 0.911. The Hall–Kier alpha value is -2.83.